The lowest BCUT2D eigenvalue weighted by Crippen LogP contribution is -2.42. The van der Waals surface area contributed by atoms with Crippen molar-refractivity contribution in [2.75, 3.05) is 6.54 Å². The summed E-state index contributed by atoms with van der Waals surface area (Å²) in [6.07, 6.45) is 2.83. The van der Waals surface area contributed by atoms with Crippen molar-refractivity contribution in [2.24, 2.45) is 0 Å². The topological polar surface area (TPSA) is 66.5 Å². The monoisotopic (exact) mass is 384 g/mol. The van der Waals surface area contributed by atoms with E-state index in [1.807, 2.05) is 31.2 Å². The van der Waals surface area contributed by atoms with Crippen molar-refractivity contribution in [2.45, 2.75) is 49.6 Å². The van der Waals surface area contributed by atoms with Gasteiger partial charge in [0.2, 0.25) is 15.9 Å². The lowest BCUT2D eigenvalue weighted by Gasteiger charge is -2.36. The zero-order chi connectivity index (χ0) is 19.0. The van der Waals surface area contributed by atoms with Gasteiger partial charge in [-0.1, -0.05) is 42.0 Å². The standard InChI is InChI=1S/C21H24N2O3S/c1-15-6-10-18(11-7-15)27(25,26)23-13-12-16-4-2-3-5-19(16)20(23)14-21(24)22-17-8-9-17/h2-7,10-11,17,20H,8-9,12-14H2,1H3,(H,22,24). The molecule has 2 aliphatic rings. The Morgan fingerprint density at radius 3 is 2.52 bits per heavy atom. The molecule has 0 radical (unpaired) electrons. The van der Waals surface area contributed by atoms with Gasteiger partial charge in [-0.3, -0.25) is 4.79 Å². The molecule has 5 nitrogen and oxygen atoms in total. The van der Waals surface area contributed by atoms with Crippen LogP contribution in [0.25, 0.3) is 0 Å². The lowest BCUT2D eigenvalue weighted by molar-refractivity contribution is -0.122. The van der Waals surface area contributed by atoms with Gasteiger partial charge in [-0.15, -0.1) is 0 Å². The van der Waals surface area contributed by atoms with E-state index in [1.165, 1.54) is 4.31 Å². The number of fused-ring (bicyclic) bond motifs is 1. The van der Waals surface area contributed by atoms with Crippen molar-refractivity contribution in [3.63, 3.8) is 0 Å². The van der Waals surface area contributed by atoms with Gasteiger partial charge in [-0.05, 0) is 49.4 Å². The molecule has 1 heterocycles. The molecule has 6 heteroatoms. The Balaban J connectivity index is 1.68. The number of carbonyl (C=O) groups excluding carboxylic acids is 1. The smallest absolute Gasteiger partial charge is 0.243 e. The van der Waals surface area contributed by atoms with E-state index < -0.39 is 16.1 Å². The van der Waals surface area contributed by atoms with Crippen molar-refractivity contribution < 1.29 is 13.2 Å². The molecule has 1 saturated carbocycles. The third kappa shape index (κ3) is 3.77. The second kappa shape index (κ2) is 7.09. The van der Waals surface area contributed by atoms with Gasteiger partial charge in [-0.2, -0.15) is 4.31 Å². The van der Waals surface area contributed by atoms with Gasteiger partial charge in [0.15, 0.2) is 0 Å². The van der Waals surface area contributed by atoms with E-state index in [4.69, 9.17) is 0 Å². The third-order valence-electron chi connectivity index (χ3n) is 5.31. The molecule has 0 saturated heterocycles. The highest BCUT2D eigenvalue weighted by Crippen LogP contribution is 2.36. The first-order chi connectivity index (χ1) is 12.9. The van der Waals surface area contributed by atoms with Gasteiger partial charge in [0.25, 0.3) is 0 Å². The zero-order valence-corrected chi connectivity index (χ0v) is 16.2. The minimum absolute atomic E-state index is 0.0803. The molecule has 4 rings (SSSR count). The minimum Gasteiger partial charge on any atom is -0.353 e. The summed E-state index contributed by atoms with van der Waals surface area (Å²) < 4.78 is 28.2. The summed E-state index contributed by atoms with van der Waals surface area (Å²) >= 11 is 0. The van der Waals surface area contributed by atoms with Crippen LogP contribution in [0.1, 0.15) is 42.0 Å². The molecule has 1 amide bonds. The molecule has 2 aromatic carbocycles. The molecule has 0 aromatic heterocycles. The first-order valence-corrected chi connectivity index (χ1v) is 10.8. The molecule has 0 bridgehead atoms. The Kier molecular flexibility index (Phi) is 4.78. The highest BCUT2D eigenvalue weighted by Gasteiger charge is 2.38. The molecule has 1 unspecified atom stereocenters. The number of benzene rings is 2. The fraction of sp³-hybridized carbons (Fsp3) is 0.381. The predicted octanol–water partition coefficient (Wildman–Crippen LogP) is 2.95. The van der Waals surface area contributed by atoms with Crippen LogP contribution >= 0.6 is 0 Å². The number of nitrogens with zero attached hydrogens (tertiary/aromatic N) is 1. The van der Waals surface area contributed by atoms with Gasteiger partial charge in [0.05, 0.1) is 10.9 Å². The number of carbonyl (C=O) groups is 1. The quantitative estimate of drug-likeness (QED) is 0.862. The molecular weight excluding hydrogens is 360 g/mol. The summed E-state index contributed by atoms with van der Waals surface area (Å²) in [6, 6.07) is 14.5. The summed E-state index contributed by atoms with van der Waals surface area (Å²) in [7, 11) is -3.68. The Morgan fingerprint density at radius 1 is 1.11 bits per heavy atom. The molecule has 142 valence electrons. The number of amides is 1. The van der Waals surface area contributed by atoms with Gasteiger partial charge in [0.1, 0.15) is 0 Å². The SMILES string of the molecule is Cc1ccc(S(=O)(=O)N2CCc3ccccc3C2CC(=O)NC2CC2)cc1. The van der Waals surface area contributed by atoms with Crippen LogP contribution in [0.15, 0.2) is 53.4 Å². The van der Waals surface area contributed by atoms with E-state index >= 15 is 0 Å². The maximum absolute atomic E-state index is 13.3. The Hall–Kier alpha value is -2.18. The minimum atomic E-state index is -3.68. The van der Waals surface area contributed by atoms with Crippen LogP contribution in [-0.2, 0) is 21.2 Å². The van der Waals surface area contributed by atoms with Crippen LogP contribution in [0, 0.1) is 6.92 Å². The van der Waals surface area contributed by atoms with Crippen LogP contribution in [0.3, 0.4) is 0 Å². The van der Waals surface area contributed by atoms with Crippen molar-refractivity contribution in [3.05, 3.63) is 65.2 Å². The fourth-order valence-corrected chi connectivity index (χ4v) is 5.27. The predicted molar refractivity (Wildman–Crippen MR) is 104 cm³/mol. The van der Waals surface area contributed by atoms with Gasteiger partial charge in [-0.25, -0.2) is 8.42 Å². The van der Waals surface area contributed by atoms with E-state index in [2.05, 4.69) is 5.32 Å². The van der Waals surface area contributed by atoms with Crippen molar-refractivity contribution in [1.82, 2.24) is 9.62 Å². The Bertz CT molecular complexity index is 950. The van der Waals surface area contributed by atoms with Crippen LogP contribution < -0.4 is 5.32 Å². The average molecular weight is 385 g/mol. The van der Waals surface area contributed by atoms with E-state index in [0.717, 1.165) is 29.5 Å². The van der Waals surface area contributed by atoms with Crippen LogP contribution in [0.2, 0.25) is 0 Å². The molecule has 1 atom stereocenters. The van der Waals surface area contributed by atoms with E-state index in [0.29, 0.717) is 13.0 Å². The number of aryl methyl sites for hydroxylation is 1. The van der Waals surface area contributed by atoms with Gasteiger partial charge < -0.3 is 5.32 Å². The first-order valence-electron chi connectivity index (χ1n) is 9.41. The summed E-state index contributed by atoms with van der Waals surface area (Å²) in [5, 5.41) is 2.99. The number of sulfonamides is 1. The number of hydrogen-bond acceptors (Lipinski definition) is 3. The molecule has 1 N–H and O–H groups in total. The van der Waals surface area contributed by atoms with Crippen LogP contribution in [0.4, 0.5) is 0 Å². The normalized spacial score (nSPS) is 20.1. The molecule has 1 aliphatic heterocycles. The molecule has 1 fully saturated rings. The number of rotatable bonds is 5. The molecule has 0 spiro atoms. The van der Waals surface area contributed by atoms with E-state index in [-0.39, 0.29) is 23.3 Å². The Morgan fingerprint density at radius 2 is 1.81 bits per heavy atom. The van der Waals surface area contributed by atoms with Crippen LogP contribution in [-0.4, -0.2) is 31.2 Å². The van der Waals surface area contributed by atoms with E-state index in [1.54, 1.807) is 24.3 Å². The maximum atomic E-state index is 13.3. The van der Waals surface area contributed by atoms with E-state index in [9.17, 15) is 13.2 Å². The molecule has 2 aromatic rings. The second-order valence-electron chi connectivity index (χ2n) is 7.44. The highest BCUT2D eigenvalue weighted by molar-refractivity contribution is 7.89. The van der Waals surface area contributed by atoms with Gasteiger partial charge >= 0.3 is 0 Å². The average Bonchev–Trinajstić information content (AvgIpc) is 3.46. The summed E-state index contributed by atoms with van der Waals surface area (Å²) in [5.41, 5.74) is 3.07. The van der Waals surface area contributed by atoms with Crippen molar-refractivity contribution in [3.8, 4) is 0 Å². The molecule has 1 aliphatic carbocycles. The highest BCUT2D eigenvalue weighted by atomic mass is 32.2. The Labute approximate surface area is 160 Å². The summed E-state index contributed by atoms with van der Waals surface area (Å²) in [6.45, 7) is 2.31. The molecule has 27 heavy (non-hydrogen) atoms. The summed E-state index contributed by atoms with van der Waals surface area (Å²) in [5.74, 6) is -0.0803. The first kappa shape index (κ1) is 18.2. The number of hydrogen-bond donors (Lipinski definition) is 1. The van der Waals surface area contributed by atoms with Crippen LogP contribution in [0.5, 0.6) is 0 Å². The number of nitrogens with one attached hydrogen (secondary N) is 1. The van der Waals surface area contributed by atoms with Crippen molar-refractivity contribution in [1.29, 1.82) is 0 Å². The fourth-order valence-electron chi connectivity index (χ4n) is 3.66. The molecular formula is C21H24N2O3S. The maximum Gasteiger partial charge on any atom is 0.243 e. The largest absolute Gasteiger partial charge is 0.353 e. The zero-order valence-electron chi connectivity index (χ0n) is 15.4. The lowest BCUT2D eigenvalue weighted by atomic mass is 9.92. The van der Waals surface area contributed by atoms with Gasteiger partial charge in [0, 0.05) is 19.0 Å². The summed E-state index contributed by atoms with van der Waals surface area (Å²) in [4.78, 5) is 12.8. The third-order valence-corrected chi connectivity index (χ3v) is 7.23. The van der Waals surface area contributed by atoms with Crippen molar-refractivity contribution >= 4 is 15.9 Å². The second-order valence-corrected chi connectivity index (χ2v) is 9.33.